The molecule has 122 valence electrons. The predicted octanol–water partition coefficient (Wildman–Crippen LogP) is 1.48. The summed E-state index contributed by atoms with van der Waals surface area (Å²) in [6.07, 6.45) is 11.1. The first-order valence-electron chi connectivity index (χ1n) is 8.47. The largest absolute Gasteiger partial charge is 0.340 e. The average Bonchev–Trinajstić information content (AvgIpc) is 3.20. The van der Waals surface area contributed by atoms with Gasteiger partial charge in [0.25, 0.3) is 0 Å². The number of rotatable bonds is 3. The quantitative estimate of drug-likeness (QED) is 0.882. The number of piperazine rings is 1. The molecule has 4 heterocycles. The number of fused-ring (bicyclic) bond motifs is 3. The van der Waals surface area contributed by atoms with Crippen molar-refractivity contribution < 1.29 is 0 Å². The minimum atomic E-state index is 0.578. The summed E-state index contributed by atoms with van der Waals surface area (Å²) in [7, 11) is 0. The first-order valence-corrected chi connectivity index (χ1v) is 8.47. The molecule has 2 bridgehead atoms. The summed E-state index contributed by atoms with van der Waals surface area (Å²) in [6, 6.07) is 3.06. The minimum absolute atomic E-state index is 0.578. The molecule has 2 fully saturated rings. The van der Waals surface area contributed by atoms with E-state index >= 15 is 0 Å². The van der Waals surface area contributed by atoms with E-state index in [1.807, 2.05) is 12.3 Å². The molecule has 1 aromatic rings. The Morgan fingerprint density at radius 1 is 1.21 bits per heavy atom. The highest BCUT2D eigenvalue weighted by atomic mass is 15.3. The molecule has 0 spiro atoms. The Bertz CT molecular complexity index is 780. The zero-order valence-electron chi connectivity index (χ0n) is 13.3. The first kappa shape index (κ1) is 13.9. The minimum Gasteiger partial charge on any atom is -0.340 e. The van der Waals surface area contributed by atoms with Gasteiger partial charge < -0.3 is 15.5 Å². The third kappa shape index (κ3) is 2.50. The molecular formula is C17H19N7. The summed E-state index contributed by atoms with van der Waals surface area (Å²) in [4.78, 5) is 11.5. The molecule has 0 radical (unpaired) electrons. The number of nitrogens with zero attached hydrogens (tertiary/aromatic N) is 5. The van der Waals surface area contributed by atoms with Crippen molar-refractivity contribution in [3.05, 3.63) is 35.7 Å². The van der Waals surface area contributed by atoms with Gasteiger partial charge in [-0.2, -0.15) is 15.2 Å². The van der Waals surface area contributed by atoms with Crippen LogP contribution in [-0.4, -0.2) is 47.1 Å². The van der Waals surface area contributed by atoms with E-state index in [2.05, 4.69) is 42.9 Å². The molecule has 7 heteroatoms. The Hall–Kier alpha value is -2.54. The maximum Gasteiger partial charge on any atom is 0.227 e. The highest BCUT2D eigenvalue weighted by Gasteiger charge is 2.33. The predicted molar refractivity (Wildman–Crippen MR) is 94.5 cm³/mol. The van der Waals surface area contributed by atoms with Gasteiger partial charge in [-0.05, 0) is 25.0 Å². The SMILES string of the molecule is C1=NN=C2CC=C(Nc3ccnc(N4CC5CCC(C4)N5)n3)C=C12. The topological polar surface area (TPSA) is 77.8 Å². The van der Waals surface area contributed by atoms with Crippen LogP contribution >= 0.6 is 0 Å². The zero-order valence-corrected chi connectivity index (χ0v) is 13.3. The van der Waals surface area contributed by atoms with Crippen LogP contribution in [0.25, 0.3) is 0 Å². The van der Waals surface area contributed by atoms with Crippen LogP contribution in [-0.2, 0) is 0 Å². The smallest absolute Gasteiger partial charge is 0.227 e. The molecule has 1 aromatic heterocycles. The number of aromatic nitrogens is 2. The summed E-state index contributed by atoms with van der Waals surface area (Å²) in [5.74, 6) is 1.64. The van der Waals surface area contributed by atoms with Crippen LogP contribution < -0.4 is 15.5 Å². The molecule has 2 saturated heterocycles. The second kappa shape index (κ2) is 5.52. The second-order valence-corrected chi connectivity index (χ2v) is 6.66. The van der Waals surface area contributed by atoms with Gasteiger partial charge in [0.15, 0.2) is 0 Å². The molecule has 4 aliphatic rings. The first-order chi connectivity index (χ1) is 11.8. The van der Waals surface area contributed by atoms with Crippen LogP contribution in [0.3, 0.4) is 0 Å². The summed E-state index contributed by atoms with van der Waals surface area (Å²) in [5, 5.41) is 15.1. The van der Waals surface area contributed by atoms with Crippen LogP contribution in [0, 0.1) is 0 Å². The number of hydrogen-bond donors (Lipinski definition) is 2. The van der Waals surface area contributed by atoms with E-state index in [9.17, 15) is 0 Å². The number of anilines is 2. The Morgan fingerprint density at radius 2 is 2.08 bits per heavy atom. The molecule has 3 aliphatic heterocycles. The lowest BCUT2D eigenvalue weighted by molar-refractivity contribution is 0.461. The normalized spacial score (nSPS) is 27.5. The van der Waals surface area contributed by atoms with E-state index in [4.69, 9.17) is 4.98 Å². The van der Waals surface area contributed by atoms with Crippen molar-refractivity contribution in [2.45, 2.75) is 31.3 Å². The fourth-order valence-electron chi connectivity index (χ4n) is 3.77. The van der Waals surface area contributed by atoms with Crippen molar-refractivity contribution in [3.8, 4) is 0 Å². The van der Waals surface area contributed by atoms with Crippen molar-refractivity contribution >= 4 is 23.7 Å². The highest BCUT2D eigenvalue weighted by Crippen LogP contribution is 2.24. The molecule has 24 heavy (non-hydrogen) atoms. The molecule has 5 rings (SSSR count). The Labute approximate surface area is 140 Å². The monoisotopic (exact) mass is 321 g/mol. The maximum absolute atomic E-state index is 4.71. The molecule has 0 aromatic carbocycles. The van der Waals surface area contributed by atoms with Crippen LogP contribution in [0.1, 0.15) is 19.3 Å². The van der Waals surface area contributed by atoms with E-state index in [-0.39, 0.29) is 0 Å². The van der Waals surface area contributed by atoms with Crippen LogP contribution in [0.5, 0.6) is 0 Å². The van der Waals surface area contributed by atoms with E-state index < -0.39 is 0 Å². The van der Waals surface area contributed by atoms with Gasteiger partial charge in [-0.1, -0.05) is 6.08 Å². The number of allylic oxidation sites excluding steroid dienone is 3. The average molecular weight is 321 g/mol. The molecule has 0 amide bonds. The maximum atomic E-state index is 4.71. The summed E-state index contributed by atoms with van der Waals surface area (Å²) in [5.41, 5.74) is 3.13. The Morgan fingerprint density at radius 3 is 2.96 bits per heavy atom. The van der Waals surface area contributed by atoms with Crippen LogP contribution in [0.15, 0.2) is 45.9 Å². The lowest BCUT2D eigenvalue weighted by atomic mass is 10.0. The van der Waals surface area contributed by atoms with Crippen molar-refractivity contribution in [3.63, 3.8) is 0 Å². The Balaban J connectivity index is 1.34. The molecule has 0 saturated carbocycles. The van der Waals surface area contributed by atoms with Gasteiger partial charge >= 0.3 is 0 Å². The van der Waals surface area contributed by atoms with Gasteiger partial charge in [0.05, 0.1) is 11.9 Å². The van der Waals surface area contributed by atoms with E-state index in [1.165, 1.54) is 12.8 Å². The molecule has 2 N–H and O–H groups in total. The van der Waals surface area contributed by atoms with Gasteiger partial charge in [-0.25, -0.2) is 4.98 Å². The standard InChI is InChI=1S/C17H19N7/c1-2-14-10-24(9-13(1)20-14)17-18-6-5-16(22-17)21-12-3-4-15-11(7-12)8-19-23-15/h3,5-8,13-14,20H,1-2,4,9-10H2,(H,18,21,22). The lowest BCUT2D eigenvalue weighted by Crippen LogP contribution is -2.51. The van der Waals surface area contributed by atoms with Crippen molar-refractivity contribution in [2.75, 3.05) is 23.3 Å². The summed E-state index contributed by atoms with van der Waals surface area (Å²) < 4.78 is 0. The fraction of sp³-hybridized carbons (Fsp3) is 0.412. The highest BCUT2D eigenvalue weighted by molar-refractivity contribution is 6.20. The van der Waals surface area contributed by atoms with Gasteiger partial charge in [-0.3, -0.25) is 0 Å². The second-order valence-electron chi connectivity index (χ2n) is 6.66. The van der Waals surface area contributed by atoms with Gasteiger partial charge in [0, 0.05) is 49.1 Å². The molecule has 2 unspecified atom stereocenters. The molecule has 7 nitrogen and oxygen atoms in total. The number of nitrogens with one attached hydrogen (secondary N) is 2. The third-order valence-electron chi connectivity index (χ3n) is 4.95. The zero-order chi connectivity index (χ0) is 15.9. The molecule has 1 aliphatic carbocycles. The van der Waals surface area contributed by atoms with Gasteiger partial charge in [-0.15, -0.1) is 0 Å². The van der Waals surface area contributed by atoms with Gasteiger partial charge in [0.1, 0.15) is 5.82 Å². The molecular weight excluding hydrogens is 302 g/mol. The summed E-state index contributed by atoms with van der Waals surface area (Å²) >= 11 is 0. The summed E-state index contributed by atoms with van der Waals surface area (Å²) in [6.45, 7) is 1.98. The lowest BCUT2D eigenvalue weighted by Gasteiger charge is -2.32. The van der Waals surface area contributed by atoms with Crippen LogP contribution in [0.2, 0.25) is 0 Å². The van der Waals surface area contributed by atoms with Crippen molar-refractivity contribution in [1.82, 2.24) is 15.3 Å². The van der Waals surface area contributed by atoms with E-state index in [1.54, 1.807) is 6.21 Å². The van der Waals surface area contributed by atoms with E-state index in [0.29, 0.717) is 12.1 Å². The van der Waals surface area contributed by atoms with Crippen molar-refractivity contribution in [1.29, 1.82) is 0 Å². The Kier molecular flexibility index (Phi) is 3.19. The molecule has 2 atom stereocenters. The van der Waals surface area contributed by atoms with E-state index in [0.717, 1.165) is 48.3 Å². The third-order valence-corrected chi connectivity index (χ3v) is 4.95. The van der Waals surface area contributed by atoms with Crippen molar-refractivity contribution in [2.24, 2.45) is 10.2 Å². The van der Waals surface area contributed by atoms with Crippen LogP contribution in [0.4, 0.5) is 11.8 Å². The fourth-order valence-corrected chi connectivity index (χ4v) is 3.77. The van der Waals surface area contributed by atoms with Gasteiger partial charge in [0.2, 0.25) is 5.95 Å². The number of hydrogen-bond acceptors (Lipinski definition) is 7.